The molecule has 0 radical (unpaired) electrons. The topological polar surface area (TPSA) is 79.8 Å². The predicted molar refractivity (Wildman–Crippen MR) is 113 cm³/mol. The van der Waals surface area contributed by atoms with Crippen LogP contribution in [0.2, 0.25) is 0 Å². The molecular formula is C16H36IN3O3S. The van der Waals surface area contributed by atoms with Crippen LogP contribution < -0.4 is 10.6 Å². The minimum Gasteiger partial charge on any atom is -0.379 e. The third-order valence-corrected chi connectivity index (χ3v) is 4.46. The predicted octanol–water partition coefficient (Wildman–Crippen LogP) is 2.44. The standard InChI is InChI=1S/C16H35N3O3S.HI/c1-6-7-8-9-16(2,3)14-19-15(17-4)18-10-11-22-12-13-23(5,20)21;/h6-14H2,1-5H3,(H2,17,18,19);1H. The molecule has 0 aliphatic carbocycles. The van der Waals surface area contributed by atoms with Crippen LogP contribution in [0.4, 0.5) is 0 Å². The van der Waals surface area contributed by atoms with Gasteiger partial charge in [0.15, 0.2) is 5.96 Å². The van der Waals surface area contributed by atoms with Gasteiger partial charge in [-0.2, -0.15) is 0 Å². The number of guanidine groups is 1. The molecule has 0 aromatic rings. The highest BCUT2D eigenvalue weighted by molar-refractivity contribution is 14.0. The van der Waals surface area contributed by atoms with Crippen molar-refractivity contribution >= 4 is 39.8 Å². The minimum absolute atomic E-state index is 0. The largest absolute Gasteiger partial charge is 0.379 e. The highest BCUT2D eigenvalue weighted by Gasteiger charge is 2.17. The number of nitrogens with one attached hydrogen (secondary N) is 2. The van der Waals surface area contributed by atoms with E-state index in [1.165, 1.54) is 31.9 Å². The molecule has 146 valence electrons. The third-order valence-electron chi connectivity index (χ3n) is 3.55. The van der Waals surface area contributed by atoms with Gasteiger partial charge in [0.1, 0.15) is 9.84 Å². The Bertz CT molecular complexity index is 440. The first kappa shape index (κ1) is 26.1. The minimum atomic E-state index is -2.95. The highest BCUT2D eigenvalue weighted by atomic mass is 127. The molecule has 0 spiro atoms. The molecule has 0 aromatic carbocycles. The van der Waals surface area contributed by atoms with Crippen molar-refractivity contribution in [1.82, 2.24) is 10.6 Å². The van der Waals surface area contributed by atoms with Crippen molar-refractivity contribution in [3.63, 3.8) is 0 Å². The lowest BCUT2D eigenvalue weighted by Crippen LogP contribution is -2.43. The first-order valence-electron chi connectivity index (χ1n) is 8.40. The lowest BCUT2D eigenvalue weighted by atomic mass is 9.87. The van der Waals surface area contributed by atoms with E-state index in [1.807, 2.05) is 0 Å². The Morgan fingerprint density at radius 3 is 2.38 bits per heavy atom. The van der Waals surface area contributed by atoms with E-state index < -0.39 is 9.84 Å². The molecule has 0 unspecified atom stereocenters. The van der Waals surface area contributed by atoms with Crippen LogP contribution in [0, 0.1) is 5.41 Å². The zero-order valence-corrected chi connectivity index (χ0v) is 19.0. The summed E-state index contributed by atoms with van der Waals surface area (Å²) >= 11 is 0. The maximum absolute atomic E-state index is 11.0. The zero-order valence-electron chi connectivity index (χ0n) is 15.9. The van der Waals surface area contributed by atoms with Crippen molar-refractivity contribution in [2.75, 3.05) is 45.4 Å². The second-order valence-corrected chi connectivity index (χ2v) is 8.98. The Morgan fingerprint density at radius 2 is 1.83 bits per heavy atom. The average molecular weight is 477 g/mol. The number of aliphatic imine (C=N–C) groups is 1. The molecule has 0 aromatic heterocycles. The smallest absolute Gasteiger partial charge is 0.191 e. The number of nitrogens with zero attached hydrogens (tertiary/aromatic N) is 1. The third kappa shape index (κ3) is 16.8. The number of sulfone groups is 1. The molecule has 0 heterocycles. The van der Waals surface area contributed by atoms with Crippen molar-refractivity contribution < 1.29 is 13.2 Å². The fourth-order valence-electron chi connectivity index (χ4n) is 2.04. The first-order valence-corrected chi connectivity index (χ1v) is 10.5. The Balaban J connectivity index is 0. The molecule has 0 saturated carbocycles. The van der Waals surface area contributed by atoms with Gasteiger partial charge < -0.3 is 15.4 Å². The summed E-state index contributed by atoms with van der Waals surface area (Å²) in [7, 11) is -1.21. The molecule has 6 nitrogen and oxygen atoms in total. The van der Waals surface area contributed by atoms with E-state index >= 15 is 0 Å². The van der Waals surface area contributed by atoms with Gasteiger partial charge in [-0.25, -0.2) is 8.42 Å². The molecule has 0 rings (SSSR count). The summed E-state index contributed by atoms with van der Waals surface area (Å²) in [6.07, 6.45) is 6.18. The van der Waals surface area contributed by atoms with Crippen LogP contribution in [0.1, 0.15) is 46.5 Å². The zero-order chi connectivity index (χ0) is 17.8. The number of halogens is 1. The van der Waals surface area contributed by atoms with E-state index in [4.69, 9.17) is 4.74 Å². The molecule has 0 aliphatic heterocycles. The van der Waals surface area contributed by atoms with E-state index in [9.17, 15) is 8.42 Å². The molecule has 0 aliphatic rings. The second kappa shape index (κ2) is 14.1. The molecule has 2 N–H and O–H groups in total. The summed E-state index contributed by atoms with van der Waals surface area (Å²) in [5, 5.41) is 6.51. The molecule has 0 fully saturated rings. The molecule has 0 saturated heterocycles. The lowest BCUT2D eigenvalue weighted by molar-refractivity contribution is 0.154. The summed E-state index contributed by atoms with van der Waals surface area (Å²) in [5.74, 6) is 0.812. The molecule has 0 atom stereocenters. The quantitative estimate of drug-likeness (QED) is 0.195. The van der Waals surface area contributed by atoms with Gasteiger partial charge in [0.25, 0.3) is 0 Å². The van der Waals surface area contributed by atoms with Crippen LogP contribution in [0.25, 0.3) is 0 Å². The molecule has 24 heavy (non-hydrogen) atoms. The van der Waals surface area contributed by atoms with Gasteiger partial charge in [-0.15, -0.1) is 24.0 Å². The van der Waals surface area contributed by atoms with E-state index in [-0.39, 0.29) is 41.8 Å². The van der Waals surface area contributed by atoms with Crippen molar-refractivity contribution in [3.8, 4) is 0 Å². The lowest BCUT2D eigenvalue weighted by Gasteiger charge is -2.26. The molecular weight excluding hydrogens is 441 g/mol. The van der Waals surface area contributed by atoms with Gasteiger partial charge in [-0.1, -0.05) is 40.0 Å². The highest BCUT2D eigenvalue weighted by Crippen LogP contribution is 2.22. The van der Waals surface area contributed by atoms with E-state index in [2.05, 4.69) is 36.4 Å². The molecule has 0 amide bonds. The molecule has 0 bridgehead atoms. The monoisotopic (exact) mass is 477 g/mol. The summed E-state index contributed by atoms with van der Waals surface area (Å²) in [5.41, 5.74) is 0.235. The number of unbranched alkanes of at least 4 members (excludes halogenated alkanes) is 2. The van der Waals surface area contributed by atoms with E-state index in [1.54, 1.807) is 7.05 Å². The number of hydrogen-bond acceptors (Lipinski definition) is 4. The van der Waals surface area contributed by atoms with Crippen LogP contribution >= 0.6 is 24.0 Å². The maximum Gasteiger partial charge on any atom is 0.191 e. The fraction of sp³-hybridized carbons (Fsp3) is 0.938. The van der Waals surface area contributed by atoms with Crippen molar-refractivity contribution in [1.29, 1.82) is 0 Å². The average Bonchev–Trinajstić information content (AvgIpc) is 2.44. The Morgan fingerprint density at radius 1 is 1.17 bits per heavy atom. The molecule has 8 heteroatoms. The van der Waals surface area contributed by atoms with E-state index in [0.717, 1.165) is 12.5 Å². The number of ether oxygens (including phenoxy) is 1. The maximum atomic E-state index is 11.0. The summed E-state index contributed by atoms with van der Waals surface area (Å²) in [6, 6.07) is 0. The van der Waals surface area contributed by atoms with Gasteiger partial charge in [-0.3, -0.25) is 4.99 Å². The summed E-state index contributed by atoms with van der Waals surface area (Å²) in [6.45, 7) is 8.89. The SMILES string of the molecule is CCCCCC(C)(C)CNC(=NC)NCCOCCS(C)(=O)=O.I. The number of rotatable bonds is 12. The van der Waals surface area contributed by atoms with Crippen LogP contribution in [0.5, 0.6) is 0 Å². The van der Waals surface area contributed by atoms with Gasteiger partial charge in [0, 0.05) is 26.4 Å². The van der Waals surface area contributed by atoms with Crippen LogP contribution in [-0.2, 0) is 14.6 Å². The van der Waals surface area contributed by atoms with Crippen molar-refractivity contribution in [3.05, 3.63) is 0 Å². The Kier molecular flexibility index (Phi) is 15.4. The second-order valence-electron chi connectivity index (χ2n) is 6.72. The van der Waals surface area contributed by atoms with Gasteiger partial charge >= 0.3 is 0 Å². The van der Waals surface area contributed by atoms with E-state index in [0.29, 0.717) is 13.2 Å². The van der Waals surface area contributed by atoms with Gasteiger partial charge in [0.05, 0.1) is 19.0 Å². The van der Waals surface area contributed by atoms with Crippen molar-refractivity contribution in [2.24, 2.45) is 10.4 Å². The summed E-state index contributed by atoms with van der Waals surface area (Å²) < 4.78 is 27.2. The fourth-order valence-corrected chi connectivity index (χ4v) is 2.46. The Hall–Kier alpha value is -0.0900. The van der Waals surface area contributed by atoms with Crippen LogP contribution in [-0.4, -0.2) is 59.7 Å². The van der Waals surface area contributed by atoms with Gasteiger partial charge in [0.2, 0.25) is 0 Å². The first-order chi connectivity index (χ1) is 10.7. The normalized spacial score (nSPS) is 12.6. The number of hydrogen-bond donors (Lipinski definition) is 2. The van der Waals surface area contributed by atoms with Gasteiger partial charge in [-0.05, 0) is 11.8 Å². The van der Waals surface area contributed by atoms with Crippen molar-refractivity contribution in [2.45, 2.75) is 46.5 Å². The Labute approximate surface area is 165 Å². The van der Waals surface area contributed by atoms with Crippen LogP contribution in [0.15, 0.2) is 4.99 Å². The van der Waals surface area contributed by atoms with Crippen LogP contribution in [0.3, 0.4) is 0 Å². The summed E-state index contributed by atoms with van der Waals surface area (Å²) in [4.78, 5) is 4.19.